The fourth-order valence-electron chi connectivity index (χ4n) is 4.78. The fourth-order valence-corrected chi connectivity index (χ4v) is 4.78. The third-order valence-corrected chi connectivity index (χ3v) is 5.79. The Bertz CT molecular complexity index is 340. The minimum absolute atomic E-state index is 0.0135. The van der Waals surface area contributed by atoms with Gasteiger partial charge < -0.3 is 9.84 Å². The maximum Gasteiger partial charge on any atom is 0.0992 e. The number of rotatable bonds is 4. The smallest absolute Gasteiger partial charge is 0.0992 e. The lowest BCUT2D eigenvalue weighted by atomic mass is 9.70. The van der Waals surface area contributed by atoms with Crippen molar-refractivity contribution in [3.05, 3.63) is 0 Å². The zero-order valence-electron chi connectivity index (χ0n) is 11.6. The normalized spacial score (nSPS) is 55.4. The Morgan fingerprint density at radius 3 is 2.59 bits per heavy atom. The first-order valence-electron chi connectivity index (χ1n) is 7.26. The Morgan fingerprint density at radius 1 is 1.35 bits per heavy atom. The molecule has 5 atom stereocenters. The Balaban J connectivity index is 1.74. The first-order chi connectivity index (χ1) is 7.83. The van der Waals surface area contributed by atoms with E-state index in [4.69, 9.17) is 4.74 Å². The lowest BCUT2D eigenvalue weighted by molar-refractivity contribution is -0.194. The second-order valence-electron chi connectivity index (χ2n) is 7.35. The molecule has 4 bridgehead atoms. The van der Waals surface area contributed by atoms with E-state index in [9.17, 15) is 5.11 Å². The minimum Gasteiger partial charge on any atom is -0.386 e. The summed E-state index contributed by atoms with van der Waals surface area (Å²) in [5.41, 5.74) is -0.794. The number of aliphatic hydroxyl groups is 1. The molecule has 0 spiro atoms. The molecule has 2 heteroatoms. The summed E-state index contributed by atoms with van der Waals surface area (Å²) in [5, 5.41) is 11.1. The molecular formula is C15H26O2. The van der Waals surface area contributed by atoms with Crippen molar-refractivity contribution in [1.29, 1.82) is 0 Å². The highest BCUT2D eigenvalue weighted by Gasteiger charge is 2.83. The molecule has 98 valence electrons. The van der Waals surface area contributed by atoms with Gasteiger partial charge in [-0.2, -0.15) is 0 Å². The highest BCUT2D eigenvalue weighted by atomic mass is 16.6. The SMILES string of the molecule is CC(C)CCC[C@]1(O)C2[C@H]3CC[C@]1(C)OC23C. The van der Waals surface area contributed by atoms with Gasteiger partial charge in [0.25, 0.3) is 0 Å². The molecule has 4 aliphatic rings. The quantitative estimate of drug-likeness (QED) is 0.815. The molecule has 4 fully saturated rings. The van der Waals surface area contributed by atoms with Crippen molar-refractivity contribution < 1.29 is 9.84 Å². The summed E-state index contributed by atoms with van der Waals surface area (Å²) < 4.78 is 6.23. The molecule has 0 aromatic carbocycles. The van der Waals surface area contributed by atoms with E-state index in [0.29, 0.717) is 11.8 Å². The van der Waals surface area contributed by atoms with E-state index < -0.39 is 5.60 Å². The van der Waals surface area contributed by atoms with Crippen LogP contribution in [0.1, 0.15) is 59.8 Å². The molecule has 2 nitrogen and oxygen atoms in total. The van der Waals surface area contributed by atoms with Crippen LogP contribution in [0.3, 0.4) is 0 Å². The predicted octanol–water partition coefficient (Wildman–Crippen LogP) is 3.13. The van der Waals surface area contributed by atoms with Crippen molar-refractivity contribution >= 4 is 0 Å². The van der Waals surface area contributed by atoms with Crippen LogP contribution in [0.15, 0.2) is 0 Å². The molecule has 1 N–H and O–H groups in total. The molecule has 0 amide bonds. The zero-order chi connectivity index (χ0) is 12.5. The van der Waals surface area contributed by atoms with Crippen LogP contribution in [0.25, 0.3) is 0 Å². The fraction of sp³-hybridized carbons (Fsp3) is 1.00. The molecular weight excluding hydrogens is 212 g/mol. The van der Waals surface area contributed by atoms with Gasteiger partial charge in [0.15, 0.2) is 0 Å². The second kappa shape index (κ2) is 3.27. The van der Waals surface area contributed by atoms with Gasteiger partial charge in [-0.15, -0.1) is 0 Å². The van der Waals surface area contributed by atoms with Crippen LogP contribution in [-0.4, -0.2) is 21.9 Å². The van der Waals surface area contributed by atoms with Gasteiger partial charge in [-0.3, -0.25) is 0 Å². The Kier molecular flexibility index (Phi) is 2.30. The maximum absolute atomic E-state index is 11.1. The van der Waals surface area contributed by atoms with Crippen LogP contribution in [-0.2, 0) is 4.74 Å². The van der Waals surface area contributed by atoms with Crippen LogP contribution < -0.4 is 0 Å². The average Bonchev–Trinajstić information content (AvgIpc) is 2.76. The number of hydrogen-bond donors (Lipinski definition) is 1. The van der Waals surface area contributed by atoms with E-state index in [1.165, 1.54) is 12.8 Å². The Labute approximate surface area is 105 Å². The number of ether oxygens (including phenoxy) is 1. The zero-order valence-corrected chi connectivity index (χ0v) is 11.6. The van der Waals surface area contributed by atoms with E-state index in [0.717, 1.165) is 25.2 Å². The maximum atomic E-state index is 11.1. The van der Waals surface area contributed by atoms with Gasteiger partial charge >= 0.3 is 0 Å². The molecule has 0 aromatic heterocycles. The highest BCUT2D eigenvalue weighted by molar-refractivity contribution is 5.32. The monoisotopic (exact) mass is 238 g/mol. The van der Waals surface area contributed by atoms with E-state index in [1.54, 1.807) is 0 Å². The summed E-state index contributed by atoms with van der Waals surface area (Å²) in [5.74, 6) is 1.78. The van der Waals surface area contributed by atoms with E-state index in [1.807, 2.05) is 0 Å². The van der Waals surface area contributed by atoms with Crippen LogP contribution in [0.2, 0.25) is 0 Å². The largest absolute Gasteiger partial charge is 0.386 e. The molecule has 4 rings (SSSR count). The first kappa shape index (κ1) is 12.0. The number of fused-ring (bicyclic) bond motifs is 1. The van der Waals surface area contributed by atoms with Gasteiger partial charge in [0, 0.05) is 5.92 Å². The predicted molar refractivity (Wildman–Crippen MR) is 67.7 cm³/mol. The molecule has 2 aliphatic heterocycles. The third kappa shape index (κ3) is 1.34. The number of hydrogen-bond acceptors (Lipinski definition) is 2. The van der Waals surface area contributed by atoms with Crippen molar-refractivity contribution in [2.75, 3.05) is 0 Å². The van der Waals surface area contributed by atoms with Crippen molar-refractivity contribution in [1.82, 2.24) is 0 Å². The molecule has 2 aliphatic carbocycles. The molecule has 2 saturated heterocycles. The van der Waals surface area contributed by atoms with Crippen LogP contribution in [0, 0.1) is 17.8 Å². The summed E-state index contributed by atoms with van der Waals surface area (Å²) in [6, 6.07) is 0. The lowest BCUT2D eigenvalue weighted by Gasteiger charge is -2.46. The standard InChI is InChI=1S/C15H26O2/c1-10(2)6-5-8-15(16)12-11-7-9-13(15,3)17-14(11,12)4/h10-12,16H,5-9H2,1-4H3/t11-,12?,13+,14?,15+/m1/s1. The molecule has 2 unspecified atom stereocenters. The van der Waals surface area contributed by atoms with Crippen molar-refractivity contribution in [3.8, 4) is 0 Å². The topological polar surface area (TPSA) is 29.5 Å². The molecule has 0 radical (unpaired) electrons. The van der Waals surface area contributed by atoms with E-state index in [2.05, 4.69) is 27.7 Å². The van der Waals surface area contributed by atoms with Crippen molar-refractivity contribution in [3.63, 3.8) is 0 Å². The van der Waals surface area contributed by atoms with Gasteiger partial charge in [0.05, 0.1) is 16.8 Å². The summed E-state index contributed by atoms with van der Waals surface area (Å²) >= 11 is 0. The minimum atomic E-state index is -0.542. The summed E-state index contributed by atoms with van der Waals surface area (Å²) in [6.45, 7) is 8.85. The van der Waals surface area contributed by atoms with Crippen molar-refractivity contribution in [2.45, 2.75) is 76.6 Å². The third-order valence-electron chi connectivity index (χ3n) is 5.79. The van der Waals surface area contributed by atoms with Crippen LogP contribution >= 0.6 is 0 Å². The van der Waals surface area contributed by atoms with Gasteiger partial charge in [-0.1, -0.05) is 26.7 Å². The van der Waals surface area contributed by atoms with Crippen molar-refractivity contribution in [2.24, 2.45) is 17.8 Å². The molecule has 2 heterocycles. The van der Waals surface area contributed by atoms with Crippen LogP contribution in [0.4, 0.5) is 0 Å². The second-order valence-corrected chi connectivity index (χ2v) is 7.35. The van der Waals surface area contributed by atoms with Gasteiger partial charge in [0.2, 0.25) is 0 Å². The lowest BCUT2D eigenvalue weighted by Crippen LogP contribution is -2.55. The molecule has 2 saturated carbocycles. The summed E-state index contributed by atoms with van der Waals surface area (Å²) in [7, 11) is 0. The first-order valence-corrected chi connectivity index (χ1v) is 7.26. The van der Waals surface area contributed by atoms with E-state index >= 15 is 0 Å². The summed E-state index contributed by atoms with van der Waals surface area (Å²) in [4.78, 5) is 0. The Morgan fingerprint density at radius 2 is 2.06 bits per heavy atom. The Hall–Kier alpha value is -0.0800. The molecule has 0 aromatic rings. The van der Waals surface area contributed by atoms with Gasteiger partial charge in [0.1, 0.15) is 0 Å². The van der Waals surface area contributed by atoms with Gasteiger partial charge in [-0.25, -0.2) is 0 Å². The highest BCUT2D eigenvalue weighted by Crippen LogP contribution is 2.75. The molecule has 17 heavy (non-hydrogen) atoms. The van der Waals surface area contributed by atoms with Gasteiger partial charge in [-0.05, 0) is 44.9 Å². The summed E-state index contributed by atoms with van der Waals surface area (Å²) in [6.07, 6.45) is 5.57. The van der Waals surface area contributed by atoms with Crippen LogP contribution in [0.5, 0.6) is 0 Å². The average molecular weight is 238 g/mol. The van der Waals surface area contributed by atoms with E-state index in [-0.39, 0.29) is 11.2 Å².